The Morgan fingerprint density at radius 3 is 2.57 bits per heavy atom. The lowest BCUT2D eigenvalue weighted by molar-refractivity contribution is -0.886. The summed E-state index contributed by atoms with van der Waals surface area (Å²) < 4.78 is 5.66. The van der Waals surface area contributed by atoms with Crippen molar-refractivity contribution in [3.05, 3.63) is 36.5 Å². The van der Waals surface area contributed by atoms with E-state index in [4.69, 9.17) is 9.84 Å². The van der Waals surface area contributed by atoms with Crippen molar-refractivity contribution in [3.8, 4) is 5.88 Å². The average molecular weight is 322 g/mol. The average Bonchev–Trinajstić information content (AvgIpc) is 2.54. The third-order valence-electron chi connectivity index (χ3n) is 3.43. The number of carboxylic acids is 2. The van der Waals surface area contributed by atoms with E-state index in [2.05, 4.69) is 12.0 Å². The lowest BCUT2D eigenvalue weighted by Crippen LogP contribution is -3.10. The molecule has 0 atom stereocenters. The molecule has 1 fully saturated rings. The van der Waals surface area contributed by atoms with Crippen LogP contribution in [0.3, 0.4) is 0 Å². The molecular weight excluding hydrogens is 300 g/mol. The number of ether oxygens (including phenoxy) is 1. The molecule has 0 amide bonds. The van der Waals surface area contributed by atoms with Crippen LogP contribution in [-0.2, 0) is 9.59 Å². The Morgan fingerprint density at radius 2 is 2.09 bits per heavy atom. The summed E-state index contributed by atoms with van der Waals surface area (Å²) in [6.45, 7) is 3.37. The number of piperidine rings is 1. The van der Waals surface area contributed by atoms with Crippen molar-refractivity contribution in [3.63, 3.8) is 0 Å². The highest BCUT2D eigenvalue weighted by Crippen LogP contribution is 2.12. The summed E-state index contributed by atoms with van der Waals surface area (Å²) in [6.07, 6.45) is 5.27. The van der Waals surface area contributed by atoms with Crippen molar-refractivity contribution in [1.82, 2.24) is 4.98 Å². The standard InChI is InChI=1S/C12H18N2O.C4H4O4/c1-14-8-5-11(6-9-14)10-15-12-4-2-3-7-13-12;5-3(6)1-2-4(7)8/h2-4,7,11H,5-6,8-10H2,1H3;1-2H,(H,5,6)(H,7,8)/b;2-1-. The molecule has 0 radical (unpaired) electrons. The number of pyridine rings is 1. The Bertz CT molecular complexity index is 494. The number of aromatic nitrogens is 1. The maximum absolute atomic E-state index is 9.53. The summed E-state index contributed by atoms with van der Waals surface area (Å²) in [6, 6.07) is 5.78. The van der Waals surface area contributed by atoms with E-state index in [0.29, 0.717) is 12.2 Å². The van der Waals surface area contributed by atoms with Crippen LogP contribution in [0.2, 0.25) is 0 Å². The fraction of sp³-hybridized carbons (Fsp3) is 0.438. The Hall–Kier alpha value is -2.41. The number of hydrogen-bond acceptors (Lipinski definition) is 5. The van der Waals surface area contributed by atoms with Crippen molar-refractivity contribution < 1.29 is 29.4 Å². The third-order valence-corrected chi connectivity index (χ3v) is 3.43. The topological polar surface area (TPSA) is 104 Å². The molecule has 1 aliphatic rings. The Labute approximate surface area is 135 Å². The molecule has 0 bridgehead atoms. The van der Waals surface area contributed by atoms with E-state index in [1.165, 1.54) is 25.9 Å². The SMILES string of the molecule is C[NH+]1CCC(COc2ccccn2)CC1.O=C([O-])/C=C\C(=O)O. The van der Waals surface area contributed by atoms with Crippen molar-refractivity contribution in [2.45, 2.75) is 12.8 Å². The molecule has 0 spiro atoms. The molecule has 0 saturated carbocycles. The largest absolute Gasteiger partial charge is 0.545 e. The van der Waals surface area contributed by atoms with E-state index < -0.39 is 11.9 Å². The first-order valence-electron chi connectivity index (χ1n) is 7.44. The van der Waals surface area contributed by atoms with Crippen molar-refractivity contribution in [2.24, 2.45) is 5.92 Å². The van der Waals surface area contributed by atoms with Gasteiger partial charge in [-0.05, 0) is 12.1 Å². The fourth-order valence-electron chi connectivity index (χ4n) is 2.11. The number of nitrogens with one attached hydrogen (secondary N) is 1. The van der Waals surface area contributed by atoms with Gasteiger partial charge in [-0.15, -0.1) is 0 Å². The maximum Gasteiger partial charge on any atom is 0.328 e. The lowest BCUT2D eigenvalue weighted by Gasteiger charge is -2.26. The molecule has 126 valence electrons. The quantitative estimate of drug-likeness (QED) is 0.657. The molecule has 0 unspecified atom stereocenters. The highest BCUT2D eigenvalue weighted by Gasteiger charge is 2.19. The predicted octanol–water partition coefficient (Wildman–Crippen LogP) is -1.24. The zero-order valence-electron chi connectivity index (χ0n) is 13.1. The molecule has 1 saturated heterocycles. The van der Waals surface area contributed by atoms with Gasteiger partial charge in [0.15, 0.2) is 0 Å². The van der Waals surface area contributed by atoms with Crippen LogP contribution in [0.5, 0.6) is 5.88 Å². The van der Waals surface area contributed by atoms with Crippen LogP contribution >= 0.6 is 0 Å². The van der Waals surface area contributed by atoms with Gasteiger partial charge in [0.2, 0.25) is 5.88 Å². The first-order valence-corrected chi connectivity index (χ1v) is 7.44. The lowest BCUT2D eigenvalue weighted by atomic mass is 9.98. The minimum atomic E-state index is -1.51. The smallest absolute Gasteiger partial charge is 0.328 e. The van der Waals surface area contributed by atoms with Crippen LogP contribution in [0, 0.1) is 5.92 Å². The van der Waals surface area contributed by atoms with Gasteiger partial charge in [0, 0.05) is 37.1 Å². The van der Waals surface area contributed by atoms with Gasteiger partial charge in [-0.25, -0.2) is 9.78 Å². The summed E-state index contributed by atoms with van der Waals surface area (Å²) in [5, 5.41) is 17.2. The summed E-state index contributed by atoms with van der Waals surface area (Å²) in [5.41, 5.74) is 0. The number of nitrogens with zero attached hydrogens (tertiary/aromatic N) is 1. The van der Waals surface area contributed by atoms with Crippen LogP contribution in [0.4, 0.5) is 0 Å². The monoisotopic (exact) mass is 322 g/mol. The van der Waals surface area contributed by atoms with Crippen LogP contribution in [-0.4, -0.2) is 48.8 Å². The van der Waals surface area contributed by atoms with Gasteiger partial charge < -0.3 is 24.6 Å². The normalized spacial score (nSPS) is 20.4. The second-order valence-electron chi connectivity index (χ2n) is 5.37. The van der Waals surface area contributed by atoms with E-state index >= 15 is 0 Å². The molecule has 0 aliphatic carbocycles. The van der Waals surface area contributed by atoms with Gasteiger partial charge in [0.1, 0.15) is 0 Å². The molecular formula is C16H22N2O5. The number of carbonyl (C=O) groups excluding carboxylic acids is 1. The summed E-state index contributed by atoms with van der Waals surface area (Å²) in [4.78, 5) is 24.8. The van der Waals surface area contributed by atoms with Crippen LogP contribution < -0.4 is 14.7 Å². The minimum Gasteiger partial charge on any atom is -0.545 e. The van der Waals surface area contributed by atoms with E-state index in [0.717, 1.165) is 18.4 Å². The number of likely N-dealkylation sites (tertiary alicyclic amines) is 1. The second-order valence-corrected chi connectivity index (χ2v) is 5.37. The molecule has 2 heterocycles. The number of quaternary nitrogens is 1. The predicted molar refractivity (Wildman–Crippen MR) is 80.9 cm³/mol. The Morgan fingerprint density at radius 1 is 1.39 bits per heavy atom. The number of carbonyl (C=O) groups is 2. The highest BCUT2D eigenvalue weighted by molar-refractivity contribution is 5.88. The van der Waals surface area contributed by atoms with E-state index in [1.54, 1.807) is 11.1 Å². The maximum atomic E-state index is 9.53. The van der Waals surface area contributed by atoms with Gasteiger partial charge in [-0.2, -0.15) is 0 Å². The zero-order valence-corrected chi connectivity index (χ0v) is 13.1. The second kappa shape index (κ2) is 10.3. The minimum absolute atomic E-state index is 0.447. The number of carboxylic acid groups (broad SMARTS) is 2. The van der Waals surface area contributed by atoms with Gasteiger partial charge in [-0.3, -0.25) is 0 Å². The molecule has 23 heavy (non-hydrogen) atoms. The molecule has 1 aromatic rings. The Balaban J connectivity index is 0.000000284. The molecule has 7 nitrogen and oxygen atoms in total. The fourth-order valence-corrected chi connectivity index (χ4v) is 2.11. The van der Waals surface area contributed by atoms with Gasteiger partial charge in [-0.1, -0.05) is 6.07 Å². The first kappa shape index (κ1) is 18.6. The molecule has 1 aromatic heterocycles. The van der Waals surface area contributed by atoms with E-state index in [-0.39, 0.29) is 0 Å². The third kappa shape index (κ3) is 9.26. The molecule has 1 aliphatic heterocycles. The first-order chi connectivity index (χ1) is 11.0. The summed E-state index contributed by atoms with van der Waals surface area (Å²) in [5.74, 6) is -1.33. The van der Waals surface area contributed by atoms with Gasteiger partial charge in [0.25, 0.3) is 0 Å². The summed E-state index contributed by atoms with van der Waals surface area (Å²) >= 11 is 0. The van der Waals surface area contributed by atoms with E-state index in [1.807, 2.05) is 18.2 Å². The van der Waals surface area contributed by atoms with Gasteiger partial charge >= 0.3 is 5.97 Å². The van der Waals surface area contributed by atoms with Crippen LogP contribution in [0.15, 0.2) is 36.5 Å². The number of hydrogen-bond donors (Lipinski definition) is 2. The van der Waals surface area contributed by atoms with Crippen molar-refractivity contribution in [1.29, 1.82) is 0 Å². The van der Waals surface area contributed by atoms with Crippen molar-refractivity contribution in [2.75, 3.05) is 26.7 Å². The number of rotatable bonds is 5. The molecule has 2 N–H and O–H groups in total. The van der Waals surface area contributed by atoms with Gasteiger partial charge in [0.05, 0.1) is 32.7 Å². The highest BCUT2D eigenvalue weighted by atomic mass is 16.5. The zero-order chi connectivity index (χ0) is 17.1. The van der Waals surface area contributed by atoms with Crippen LogP contribution in [0.1, 0.15) is 12.8 Å². The van der Waals surface area contributed by atoms with Crippen LogP contribution in [0.25, 0.3) is 0 Å². The molecule has 7 heteroatoms. The number of aliphatic carboxylic acids is 2. The van der Waals surface area contributed by atoms with E-state index in [9.17, 15) is 14.7 Å². The summed E-state index contributed by atoms with van der Waals surface area (Å²) in [7, 11) is 2.26. The Kier molecular flexibility index (Phi) is 8.38. The molecule has 0 aromatic carbocycles. The molecule has 2 rings (SSSR count). The van der Waals surface area contributed by atoms with Crippen molar-refractivity contribution >= 4 is 11.9 Å².